The molecule has 0 spiro atoms. The van der Waals surface area contributed by atoms with Crippen molar-refractivity contribution in [2.75, 3.05) is 13.2 Å². The SMILES string of the molecule is CCCCCCCCC/C=C\C=C/CCCCCC(=O)OCC(COC(=O)CCCCCCCCC/C=C\CCCCCCCCCC)OC(=O)CCCCC/C=C\C=C/CCCCCCCCC. The highest BCUT2D eigenvalue weighted by atomic mass is 16.6. The van der Waals surface area contributed by atoms with Gasteiger partial charge in [0.1, 0.15) is 13.2 Å². The van der Waals surface area contributed by atoms with E-state index in [4.69, 9.17) is 14.2 Å². The van der Waals surface area contributed by atoms with Crippen LogP contribution in [-0.2, 0) is 28.6 Å². The predicted molar refractivity (Wildman–Crippen MR) is 298 cm³/mol. The Kier molecular flexibility index (Phi) is 55.3. The fraction of sp³-hybridized carbons (Fsp3) is 0.794. The molecule has 0 N–H and O–H groups in total. The first-order chi connectivity index (χ1) is 34.0. The molecule has 0 aliphatic carbocycles. The summed E-state index contributed by atoms with van der Waals surface area (Å²) in [7, 11) is 0. The van der Waals surface area contributed by atoms with Gasteiger partial charge in [-0.3, -0.25) is 14.4 Å². The van der Waals surface area contributed by atoms with E-state index in [0.29, 0.717) is 19.3 Å². The summed E-state index contributed by atoms with van der Waals surface area (Å²) in [6, 6.07) is 0. The van der Waals surface area contributed by atoms with E-state index in [2.05, 4.69) is 81.5 Å². The standard InChI is InChI=1S/C63H112O6/c1-4-7-10-13-16-19-22-25-28-31-32-33-36-38-41-44-47-50-53-56-62(65)68-59-60(69-63(66)57-54-51-48-45-42-39-35-30-27-24-21-18-15-12-9-6-3)58-67-61(64)55-52-49-46-43-40-37-34-29-26-23-20-17-14-11-8-5-2/h29-32,34-35,37,39-40,42,60H,4-28,33,36,38,41,43-59H2,1-3H3/b32-31-,34-29-,35-30-,40-37-,42-39-. The maximum atomic E-state index is 12.8. The Morgan fingerprint density at radius 2 is 0.522 bits per heavy atom. The van der Waals surface area contributed by atoms with E-state index in [-0.39, 0.29) is 31.1 Å². The van der Waals surface area contributed by atoms with Gasteiger partial charge in [-0.15, -0.1) is 0 Å². The maximum Gasteiger partial charge on any atom is 0.306 e. The highest BCUT2D eigenvalue weighted by molar-refractivity contribution is 5.71. The Hall–Kier alpha value is -2.89. The molecule has 69 heavy (non-hydrogen) atoms. The van der Waals surface area contributed by atoms with Crippen molar-refractivity contribution in [3.8, 4) is 0 Å². The van der Waals surface area contributed by atoms with Crippen LogP contribution >= 0.6 is 0 Å². The van der Waals surface area contributed by atoms with Crippen molar-refractivity contribution in [2.24, 2.45) is 0 Å². The molecule has 0 aliphatic rings. The molecule has 0 saturated carbocycles. The van der Waals surface area contributed by atoms with Crippen LogP contribution in [0.25, 0.3) is 0 Å². The number of unbranched alkanes of at least 4 members (excludes halogenated alkanes) is 35. The number of hydrogen-bond acceptors (Lipinski definition) is 6. The van der Waals surface area contributed by atoms with Gasteiger partial charge >= 0.3 is 17.9 Å². The zero-order valence-electron chi connectivity index (χ0n) is 45.8. The van der Waals surface area contributed by atoms with Crippen LogP contribution in [0.5, 0.6) is 0 Å². The molecular formula is C63H112O6. The average Bonchev–Trinajstić information content (AvgIpc) is 3.35. The molecule has 0 rings (SSSR count). The van der Waals surface area contributed by atoms with Gasteiger partial charge in [-0.25, -0.2) is 0 Å². The minimum Gasteiger partial charge on any atom is -0.462 e. The van der Waals surface area contributed by atoms with E-state index < -0.39 is 6.10 Å². The van der Waals surface area contributed by atoms with Crippen molar-refractivity contribution in [3.05, 3.63) is 60.8 Å². The summed E-state index contributed by atoms with van der Waals surface area (Å²) >= 11 is 0. The molecule has 0 aromatic heterocycles. The molecule has 1 atom stereocenters. The molecule has 400 valence electrons. The molecular weight excluding hydrogens is 853 g/mol. The van der Waals surface area contributed by atoms with Gasteiger partial charge in [0.25, 0.3) is 0 Å². The minimum atomic E-state index is -0.801. The molecule has 0 radical (unpaired) electrons. The number of hydrogen-bond donors (Lipinski definition) is 0. The van der Waals surface area contributed by atoms with Crippen LogP contribution in [0.1, 0.15) is 303 Å². The van der Waals surface area contributed by atoms with Crippen molar-refractivity contribution < 1.29 is 28.6 Å². The molecule has 6 heteroatoms. The smallest absolute Gasteiger partial charge is 0.306 e. The molecule has 0 aromatic rings. The maximum absolute atomic E-state index is 12.8. The molecule has 1 unspecified atom stereocenters. The highest BCUT2D eigenvalue weighted by Gasteiger charge is 2.19. The zero-order chi connectivity index (χ0) is 50.0. The second-order valence-corrected chi connectivity index (χ2v) is 20.0. The zero-order valence-corrected chi connectivity index (χ0v) is 45.8. The van der Waals surface area contributed by atoms with Gasteiger partial charge in [-0.1, -0.05) is 248 Å². The van der Waals surface area contributed by atoms with Gasteiger partial charge in [0.05, 0.1) is 0 Å². The normalized spacial score (nSPS) is 12.4. The van der Waals surface area contributed by atoms with Crippen LogP contribution in [0.3, 0.4) is 0 Å². The van der Waals surface area contributed by atoms with Crippen LogP contribution in [0.15, 0.2) is 60.8 Å². The number of rotatable bonds is 54. The number of carbonyl (C=O) groups is 3. The first kappa shape index (κ1) is 66.1. The van der Waals surface area contributed by atoms with Gasteiger partial charge in [-0.2, -0.15) is 0 Å². The molecule has 0 amide bonds. The Morgan fingerprint density at radius 1 is 0.290 bits per heavy atom. The lowest BCUT2D eigenvalue weighted by molar-refractivity contribution is -0.167. The first-order valence-corrected chi connectivity index (χ1v) is 29.8. The van der Waals surface area contributed by atoms with E-state index in [0.717, 1.165) is 83.5 Å². The third-order valence-electron chi connectivity index (χ3n) is 13.0. The van der Waals surface area contributed by atoms with E-state index >= 15 is 0 Å². The van der Waals surface area contributed by atoms with Crippen molar-refractivity contribution in [1.82, 2.24) is 0 Å². The molecule has 0 fully saturated rings. The fourth-order valence-corrected chi connectivity index (χ4v) is 8.48. The number of ether oxygens (including phenoxy) is 3. The van der Waals surface area contributed by atoms with E-state index in [1.165, 1.54) is 180 Å². The lowest BCUT2D eigenvalue weighted by atomic mass is 10.1. The Morgan fingerprint density at radius 3 is 0.826 bits per heavy atom. The molecule has 0 bridgehead atoms. The third-order valence-corrected chi connectivity index (χ3v) is 13.0. The lowest BCUT2D eigenvalue weighted by Crippen LogP contribution is -2.30. The summed E-state index contributed by atoms with van der Waals surface area (Å²) in [6.45, 7) is 6.61. The Bertz CT molecular complexity index is 1250. The van der Waals surface area contributed by atoms with E-state index in [1.54, 1.807) is 0 Å². The van der Waals surface area contributed by atoms with Gasteiger partial charge in [0, 0.05) is 19.3 Å². The summed E-state index contributed by atoms with van der Waals surface area (Å²) in [4.78, 5) is 38.2. The van der Waals surface area contributed by atoms with Crippen molar-refractivity contribution >= 4 is 17.9 Å². The van der Waals surface area contributed by atoms with Gasteiger partial charge in [0.2, 0.25) is 0 Å². The first-order valence-electron chi connectivity index (χ1n) is 29.8. The minimum absolute atomic E-state index is 0.0947. The van der Waals surface area contributed by atoms with Gasteiger partial charge < -0.3 is 14.2 Å². The Labute approximate surface area is 428 Å². The third kappa shape index (κ3) is 55.9. The second-order valence-electron chi connectivity index (χ2n) is 20.0. The van der Waals surface area contributed by atoms with Gasteiger partial charge in [-0.05, 0) is 96.3 Å². The van der Waals surface area contributed by atoms with Crippen LogP contribution in [0.4, 0.5) is 0 Å². The highest BCUT2D eigenvalue weighted by Crippen LogP contribution is 2.15. The van der Waals surface area contributed by atoms with E-state index in [1.807, 2.05) is 0 Å². The van der Waals surface area contributed by atoms with Crippen molar-refractivity contribution in [3.63, 3.8) is 0 Å². The predicted octanol–water partition coefficient (Wildman–Crippen LogP) is 20.0. The second kappa shape index (κ2) is 57.7. The van der Waals surface area contributed by atoms with Crippen LogP contribution in [0.2, 0.25) is 0 Å². The fourth-order valence-electron chi connectivity index (χ4n) is 8.48. The number of esters is 3. The molecule has 0 aromatic carbocycles. The van der Waals surface area contributed by atoms with Gasteiger partial charge in [0.15, 0.2) is 6.10 Å². The van der Waals surface area contributed by atoms with Crippen LogP contribution in [0, 0.1) is 0 Å². The Balaban J connectivity index is 4.44. The number of allylic oxidation sites excluding steroid dienone is 10. The topological polar surface area (TPSA) is 78.9 Å². The summed E-state index contributed by atoms with van der Waals surface area (Å²) < 4.78 is 16.8. The number of carbonyl (C=O) groups excluding carboxylic acids is 3. The monoisotopic (exact) mass is 965 g/mol. The summed E-state index contributed by atoms with van der Waals surface area (Å²) in [5, 5.41) is 0. The quantitative estimate of drug-likeness (QED) is 0.0199. The van der Waals surface area contributed by atoms with Crippen molar-refractivity contribution in [1.29, 1.82) is 0 Å². The summed E-state index contributed by atoms with van der Waals surface area (Å²) in [5.74, 6) is -0.941. The summed E-state index contributed by atoms with van der Waals surface area (Å²) in [6.07, 6.45) is 72.2. The molecule has 0 aliphatic heterocycles. The molecule has 0 saturated heterocycles. The van der Waals surface area contributed by atoms with Crippen LogP contribution < -0.4 is 0 Å². The average molecular weight is 966 g/mol. The molecule has 0 heterocycles. The van der Waals surface area contributed by atoms with Crippen LogP contribution in [-0.4, -0.2) is 37.2 Å². The largest absolute Gasteiger partial charge is 0.462 e. The summed E-state index contributed by atoms with van der Waals surface area (Å²) in [5.41, 5.74) is 0. The van der Waals surface area contributed by atoms with E-state index in [9.17, 15) is 14.4 Å². The van der Waals surface area contributed by atoms with Crippen molar-refractivity contribution in [2.45, 2.75) is 309 Å². The lowest BCUT2D eigenvalue weighted by Gasteiger charge is -2.18. The molecule has 6 nitrogen and oxygen atoms in total.